The highest BCUT2D eigenvalue weighted by Crippen LogP contribution is 2.64. The number of ether oxygens (including phenoxy) is 1. The van der Waals surface area contributed by atoms with Crippen LogP contribution in [0.5, 0.6) is 0 Å². The summed E-state index contributed by atoms with van der Waals surface area (Å²) in [6.45, 7) is 8.00. The second kappa shape index (κ2) is 4.46. The Morgan fingerprint density at radius 1 is 1.48 bits per heavy atom. The molecule has 1 aromatic heterocycles. The number of carbonyl (C=O) groups excluding carboxylic acids is 2. The number of hydrogen-bond donors (Lipinski definition) is 0. The molecule has 0 spiro atoms. The van der Waals surface area contributed by atoms with Crippen LogP contribution < -0.4 is 0 Å². The average Bonchev–Trinajstić information content (AvgIpc) is 2.91. The Balaban J connectivity index is 2.10. The largest absolute Gasteiger partial charge is 0.469 e. The van der Waals surface area contributed by atoms with Gasteiger partial charge in [-0.25, -0.2) is 0 Å². The SMILES string of the molecule is CC(=O)OC[C@@H]1c2ccoc2C[C@@]2(C)[C@H](C)CC(=O)[C@@]12C. The third kappa shape index (κ3) is 1.74. The predicted octanol–water partition coefficient (Wildman–Crippen LogP) is 3.10. The lowest BCUT2D eigenvalue weighted by atomic mass is 9.52. The number of esters is 1. The number of ketones is 1. The zero-order valence-corrected chi connectivity index (χ0v) is 13.1. The highest BCUT2D eigenvalue weighted by atomic mass is 16.5. The molecular formula is C17H22O4. The van der Waals surface area contributed by atoms with Crippen molar-refractivity contribution in [3.05, 3.63) is 23.7 Å². The molecule has 1 heterocycles. The standard InChI is InChI=1S/C17H22O4/c1-10-7-15(19)17(4)13(9-21-11(2)18)12-5-6-20-14(12)8-16(10,17)3/h5-6,10,13H,7-9H2,1-4H3/t10-,13-,16+,17-/m1/s1. The zero-order valence-electron chi connectivity index (χ0n) is 13.1. The normalized spacial score (nSPS) is 38.0. The maximum Gasteiger partial charge on any atom is 0.302 e. The molecule has 0 aliphatic heterocycles. The van der Waals surface area contributed by atoms with Gasteiger partial charge in [-0.3, -0.25) is 9.59 Å². The molecule has 114 valence electrons. The van der Waals surface area contributed by atoms with E-state index in [4.69, 9.17) is 9.15 Å². The number of Topliss-reactive ketones (excluding diaryl/α,β-unsaturated/α-hetero) is 1. The predicted molar refractivity (Wildman–Crippen MR) is 76.8 cm³/mol. The molecule has 2 aliphatic carbocycles. The van der Waals surface area contributed by atoms with Gasteiger partial charge in [0.1, 0.15) is 11.5 Å². The minimum absolute atomic E-state index is 0.119. The van der Waals surface area contributed by atoms with Gasteiger partial charge in [-0.2, -0.15) is 0 Å². The average molecular weight is 290 g/mol. The number of furan rings is 1. The van der Waals surface area contributed by atoms with Crippen molar-refractivity contribution in [2.45, 2.75) is 46.5 Å². The zero-order chi connectivity index (χ0) is 15.4. The minimum Gasteiger partial charge on any atom is -0.469 e. The first-order chi connectivity index (χ1) is 9.80. The van der Waals surface area contributed by atoms with Crippen LogP contribution in [0.3, 0.4) is 0 Å². The van der Waals surface area contributed by atoms with E-state index < -0.39 is 5.41 Å². The molecule has 4 heteroatoms. The van der Waals surface area contributed by atoms with Crippen molar-refractivity contribution in [3.8, 4) is 0 Å². The number of hydrogen-bond acceptors (Lipinski definition) is 4. The van der Waals surface area contributed by atoms with Crippen LogP contribution in [0.25, 0.3) is 0 Å². The summed E-state index contributed by atoms with van der Waals surface area (Å²) in [7, 11) is 0. The van der Waals surface area contributed by atoms with Crippen LogP contribution in [-0.2, 0) is 20.7 Å². The number of rotatable bonds is 2. The summed E-state index contributed by atoms with van der Waals surface area (Å²) in [4.78, 5) is 24.0. The molecule has 4 nitrogen and oxygen atoms in total. The fraction of sp³-hybridized carbons (Fsp3) is 0.647. The van der Waals surface area contributed by atoms with Gasteiger partial charge in [0.25, 0.3) is 0 Å². The molecule has 0 radical (unpaired) electrons. The second-order valence-electron chi connectivity index (χ2n) is 6.98. The Morgan fingerprint density at radius 2 is 2.19 bits per heavy atom. The summed E-state index contributed by atoms with van der Waals surface area (Å²) in [6, 6.07) is 1.92. The molecule has 1 aromatic rings. The van der Waals surface area contributed by atoms with Gasteiger partial charge >= 0.3 is 5.97 Å². The first kappa shape index (κ1) is 14.4. The highest BCUT2D eigenvalue weighted by molar-refractivity contribution is 5.90. The van der Waals surface area contributed by atoms with Gasteiger partial charge in [-0.05, 0) is 17.4 Å². The molecule has 0 N–H and O–H groups in total. The van der Waals surface area contributed by atoms with Gasteiger partial charge < -0.3 is 9.15 Å². The molecule has 3 rings (SSSR count). The highest BCUT2D eigenvalue weighted by Gasteiger charge is 2.64. The van der Waals surface area contributed by atoms with Crippen LogP contribution in [-0.4, -0.2) is 18.4 Å². The first-order valence-electron chi connectivity index (χ1n) is 7.53. The third-order valence-electron chi connectivity index (χ3n) is 6.18. The molecule has 0 bridgehead atoms. The lowest BCUT2D eigenvalue weighted by Gasteiger charge is -2.49. The van der Waals surface area contributed by atoms with Crippen molar-refractivity contribution in [3.63, 3.8) is 0 Å². The molecule has 0 amide bonds. The van der Waals surface area contributed by atoms with E-state index in [0.717, 1.165) is 17.7 Å². The summed E-state index contributed by atoms with van der Waals surface area (Å²) in [5.41, 5.74) is 0.372. The molecule has 1 fully saturated rings. The Labute approximate surface area is 124 Å². The second-order valence-corrected chi connectivity index (χ2v) is 6.98. The monoisotopic (exact) mass is 290 g/mol. The molecule has 0 unspecified atom stereocenters. The Morgan fingerprint density at radius 3 is 2.86 bits per heavy atom. The third-order valence-corrected chi connectivity index (χ3v) is 6.18. The fourth-order valence-electron chi connectivity index (χ4n) is 4.40. The molecule has 0 saturated heterocycles. The van der Waals surface area contributed by atoms with Crippen molar-refractivity contribution in [2.24, 2.45) is 16.7 Å². The molecule has 0 aromatic carbocycles. The van der Waals surface area contributed by atoms with E-state index in [9.17, 15) is 9.59 Å². The maximum atomic E-state index is 12.8. The van der Waals surface area contributed by atoms with E-state index in [0.29, 0.717) is 12.3 Å². The summed E-state index contributed by atoms with van der Waals surface area (Å²) >= 11 is 0. The minimum atomic E-state index is -0.501. The topological polar surface area (TPSA) is 56.5 Å². The smallest absolute Gasteiger partial charge is 0.302 e. The quantitative estimate of drug-likeness (QED) is 0.785. The van der Waals surface area contributed by atoms with Crippen LogP contribution in [0.4, 0.5) is 0 Å². The Hall–Kier alpha value is -1.58. The van der Waals surface area contributed by atoms with E-state index in [1.807, 2.05) is 13.0 Å². The summed E-state index contributed by atoms with van der Waals surface area (Å²) < 4.78 is 10.9. The lowest BCUT2D eigenvalue weighted by molar-refractivity contribution is -0.146. The van der Waals surface area contributed by atoms with E-state index in [1.54, 1.807) is 6.26 Å². The summed E-state index contributed by atoms with van der Waals surface area (Å²) in [6.07, 6.45) is 3.04. The van der Waals surface area contributed by atoms with Gasteiger partial charge in [0, 0.05) is 36.7 Å². The van der Waals surface area contributed by atoms with Crippen LogP contribution in [0, 0.1) is 16.7 Å². The van der Waals surface area contributed by atoms with Crippen molar-refractivity contribution >= 4 is 11.8 Å². The lowest BCUT2D eigenvalue weighted by Crippen LogP contribution is -2.50. The molecular weight excluding hydrogens is 268 g/mol. The van der Waals surface area contributed by atoms with Gasteiger partial charge in [-0.15, -0.1) is 0 Å². The van der Waals surface area contributed by atoms with Crippen molar-refractivity contribution in [2.75, 3.05) is 6.61 Å². The molecule has 1 saturated carbocycles. The van der Waals surface area contributed by atoms with Gasteiger partial charge in [0.15, 0.2) is 0 Å². The Bertz CT molecular complexity index is 602. The van der Waals surface area contributed by atoms with E-state index in [1.165, 1.54) is 6.92 Å². The van der Waals surface area contributed by atoms with Gasteiger partial charge in [-0.1, -0.05) is 20.8 Å². The first-order valence-corrected chi connectivity index (χ1v) is 7.53. The van der Waals surface area contributed by atoms with Crippen molar-refractivity contribution in [1.29, 1.82) is 0 Å². The fourth-order valence-corrected chi connectivity index (χ4v) is 4.40. The number of carbonyl (C=O) groups is 2. The van der Waals surface area contributed by atoms with E-state index >= 15 is 0 Å². The van der Waals surface area contributed by atoms with Crippen LogP contribution >= 0.6 is 0 Å². The summed E-state index contributed by atoms with van der Waals surface area (Å²) in [5.74, 6) is 1.09. The van der Waals surface area contributed by atoms with Gasteiger partial charge in [0.05, 0.1) is 12.9 Å². The summed E-state index contributed by atoms with van der Waals surface area (Å²) in [5, 5.41) is 0. The molecule has 2 aliphatic rings. The van der Waals surface area contributed by atoms with Crippen molar-refractivity contribution in [1.82, 2.24) is 0 Å². The maximum absolute atomic E-state index is 12.8. The van der Waals surface area contributed by atoms with Gasteiger partial charge in [0.2, 0.25) is 0 Å². The molecule has 21 heavy (non-hydrogen) atoms. The van der Waals surface area contributed by atoms with E-state index in [-0.39, 0.29) is 29.7 Å². The number of fused-ring (bicyclic) bond motifs is 2. The molecule has 4 atom stereocenters. The van der Waals surface area contributed by atoms with E-state index in [2.05, 4.69) is 13.8 Å². The van der Waals surface area contributed by atoms with Crippen LogP contribution in [0.1, 0.15) is 51.4 Å². The van der Waals surface area contributed by atoms with Crippen LogP contribution in [0.15, 0.2) is 16.7 Å². The van der Waals surface area contributed by atoms with Crippen LogP contribution in [0.2, 0.25) is 0 Å². The Kier molecular flexibility index (Phi) is 3.05. The van der Waals surface area contributed by atoms with Crippen molar-refractivity contribution < 1.29 is 18.7 Å².